The van der Waals surface area contributed by atoms with Crippen molar-refractivity contribution in [2.45, 2.75) is 0 Å². The topological polar surface area (TPSA) is 62.2 Å². The number of pyridine rings is 1. The van der Waals surface area contributed by atoms with Crippen LogP contribution in [0.5, 0.6) is 0 Å². The molecule has 3 aromatic rings. The molecule has 0 atom stereocenters. The smallest absolute Gasteiger partial charge is 0.337 e. The second kappa shape index (κ2) is 5.42. The molecule has 21 heavy (non-hydrogen) atoms. The number of rotatable bonds is 3. The van der Waals surface area contributed by atoms with Gasteiger partial charge in [0.2, 0.25) is 0 Å². The molecule has 0 amide bonds. The molecule has 4 nitrogen and oxygen atoms in total. The van der Waals surface area contributed by atoms with Crippen molar-refractivity contribution in [3.05, 3.63) is 65.3 Å². The van der Waals surface area contributed by atoms with Gasteiger partial charge in [-0.1, -0.05) is 17.7 Å². The van der Waals surface area contributed by atoms with Gasteiger partial charge < -0.3 is 10.4 Å². The van der Waals surface area contributed by atoms with Gasteiger partial charge in [-0.15, -0.1) is 0 Å². The van der Waals surface area contributed by atoms with Crippen LogP contribution in [0.2, 0.25) is 5.02 Å². The lowest BCUT2D eigenvalue weighted by Crippen LogP contribution is -2.02. The van der Waals surface area contributed by atoms with Crippen molar-refractivity contribution in [1.82, 2.24) is 4.98 Å². The van der Waals surface area contributed by atoms with Crippen LogP contribution in [0.4, 0.5) is 11.4 Å². The Kier molecular flexibility index (Phi) is 3.46. The molecule has 0 bridgehead atoms. The van der Waals surface area contributed by atoms with Gasteiger partial charge in [0, 0.05) is 22.3 Å². The minimum atomic E-state index is -1.03. The highest BCUT2D eigenvalue weighted by molar-refractivity contribution is 6.31. The standard InChI is InChI=1S/C16H11ClN2O2/c17-11-3-5-15(13(9-11)16(20)21)19-12-4-6-14-10(8-12)2-1-7-18-14/h1-9,19H,(H,20,21). The molecule has 104 valence electrons. The first-order valence-electron chi connectivity index (χ1n) is 6.28. The number of carbonyl (C=O) groups is 1. The van der Waals surface area contributed by atoms with Crippen molar-refractivity contribution < 1.29 is 9.90 Å². The largest absolute Gasteiger partial charge is 0.478 e. The van der Waals surface area contributed by atoms with Crippen molar-refractivity contribution >= 4 is 39.8 Å². The molecule has 1 aromatic heterocycles. The summed E-state index contributed by atoms with van der Waals surface area (Å²) in [5, 5.41) is 13.7. The number of anilines is 2. The first kappa shape index (κ1) is 13.4. The maximum absolute atomic E-state index is 11.3. The number of halogens is 1. The molecule has 0 saturated carbocycles. The third kappa shape index (κ3) is 2.80. The highest BCUT2D eigenvalue weighted by atomic mass is 35.5. The first-order valence-corrected chi connectivity index (χ1v) is 6.66. The van der Waals surface area contributed by atoms with Crippen LogP contribution in [0.1, 0.15) is 10.4 Å². The Morgan fingerprint density at radius 3 is 2.81 bits per heavy atom. The third-order valence-corrected chi connectivity index (χ3v) is 3.33. The number of benzene rings is 2. The zero-order valence-electron chi connectivity index (χ0n) is 10.9. The van der Waals surface area contributed by atoms with Crippen LogP contribution in [-0.4, -0.2) is 16.1 Å². The number of hydrogen-bond acceptors (Lipinski definition) is 3. The molecule has 0 unspecified atom stereocenters. The summed E-state index contributed by atoms with van der Waals surface area (Å²) in [4.78, 5) is 15.5. The van der Waals surface area contributed by atoms with Gasteiger partial charge in [-0.25, -0.2) is 4.79 Å². The summed E-state index contributed by atoms with van der Waals surface area (Å²) in [5.74, 6) is -1.03. The van der Waals surface area contributed by atoms with Crippen molar-refractivity contribution in [3.63, 3.8) is 0 Å². The Labute approximate surface area is 126 Å². The Morgan fingerprint density at radius 1 is 1.14 bits per heavy atom. The predicted octanol–water partition coefficient (Wildman–Crippen LogP) is 4.33. The SMILES string of the molecule is O=C(O)c1cc(Cl)ccc1Nc1ccc2ncccc2c1. The number of fused-ring (bicyclic) bond motifs is 1. The minimum Gasteiger partial charge on any atom is -0.478 e. The summed E-state index contributed by atoms with van der Waals surface area (Å²) in [7, 11) is 0. The molecule has 0 aliphatic carbocycles. The van der Waals surface area contributed by atoms with Gasteiger partial charge >= 0.3 is 5.97 Å². The molecule has 0 fully saturated rings. The minimum absolute atomic E-state index is 0.133. The second-order valence-electron chi connectivity index (χ2n) is 4.53. The van der Waals surface area contributed by atoms with E-state index in [-0.39, 0.29) is 5.56 Å². The second-order valence-corrected chi connectivity index (χ2v) is 4.97. The van der Waals surface area contributed by atoms with Crippen LogP contribution in [0.3, 0.4) is 0 Å². The summed E-state index contributed by atoms with van der Waals surface area (Å²) in [6, 6.07) is 14.2. The Hall–Kier alpha value is -2.59. The van der Waals surface area contributed by atoms with E-state index in [1.807, 2.05) is 30.3 Å². The molecule has 0 aliphatic rings. The highest BCUT2D eigenvalue weighted by Gasteiger charge is 2.11. The maximum Gasteiger partial charge on any atom is 0.337 e. The lowest BCUT2D eigenvalue weighted by atomic mass is 10.1. The van der Waals surface area contributed by atoms with Gasteiger partial charge in [-0.3, -0.25) is 4.98 Å². The maximum atomic E-state index is 11.3. The van der Waals surface area contributed by atoms with E-state index < -0.39 is 5.97 Å². The van der Waals surface area contributed by atoms with Gasteiger partial charge in [0.1, 0.15) is 0 Å². The fourth-order valence-electron chi connectivity index (χ4n) is 2.11. The fourth-order valence-corrected chi connectivity index (χ4v) is 2.28. The van der Waals surface area contributed by atoms with Gasteiger partial charge in [0.05, 0.1) is 16.8 Å². The van der Waals surface area contributed by atoms with Crippen LogP contribution < -0.4 is 5.32 Å². The van der Waals surface area contributed by atoms with Gasteiger partial charge in [0.25, 0.3) is 0 Å². The summed E-state index contributed by atoms with van der Waals surface area (Å²) in [5.41, 5.74) is 2.31. The van der Waals surface area contributed by atoms with E-state index in [1.165, 1.54) is 6.07 Å². The average molecular weight is 299 g/mol. The molecule has 3 rings (SSSR count). The zero-order valence-corrected chi connectivity index (χ0v) is 11.6. The summed E-state index contributed by atoms with van der Waals surface area (Å²) >= 11 is 5.84. The van der Waals surface area contributed by atoms with Crippen molar-refractivity contribution in [3.8, 4) is 0 Å². The van der Waals surface area contributed by atoms with E-state index in [2.05, 4.69) is 10.3 Å². The molecule has 0 aliphatic heterocycles. The lowest BCUT2D eigenvalue weighted by molar-refractivity contribution is 0.0698. The number of aromatic carboxylic acids is 1. The number of nitrogens with zero attached hydrogens (tertiary/aromatic N) is 1. The number of carboxylic acids is 1. The Balaban J connectivity index is 2.00. The molecule has 2 aromatic carbocycles. The highest BCUT2D eigenvalue weighted by Crippen LogP contribution is 2.26. The zero-order chi connectivity index (χ0) is 14.8. The van der Waals surface area contributed by atoms with Gasteiger partial charge in [-0.05, 0) is 42.5 Å². The Morgan fingerprint density at radius 2 is 2.00 bits per heavy atom. The fraction of sp³-hybridized carbons (Fsp3) is 0. The van der Waals surface area contributed by atoms with E-state index in [1.54, 1.807) is 18.3 Å². The predicted molar refractivity (Wildman–Crippen MR) is 83.4 cm³/mol. The third-order valence-electron chi connectivity index (χ3n) is 3.09. The van der Waals surface area contributed by atoms with E-state index in [4.69, 9.17) is 11.6 Å². The van der Waals surface area contributed by atoms with Crippen LogP contribution in [0.25, 0.3) is 10.9 Å². The van der Waals surface area contributed by atoms with E-state index in [0.29, 0.717) is 10.7 Å². The molecule has 1 heterocycles. The summed E-state index contributed by atoms with van der Waals surface area (Å²) in [6.07, 6.45) is 1.73. The molecular weight excluding hydrogens is 288 g/mol. The first-order chi connectivity index (χ1) is 10.1. The van der Waals surface area contributed by atoms with Gasteiger partial charge in [0.15, 0.2) is 0 Å². The normalized spacial score (nSPS) is 10.5. The van der Waals surface area contributed by atoms with Crippen molar-refractivity contribution in [2.75, 3.05) is 5.32 Å². The molecule has 0 saturated heterocycles. The summed E-state index contributed by atoms with van der Waals surface area (Å²) < 4.78 is 0. The van der Waals surface area contributed by atoms with E-state index in [0.717, 1.165) is 16.6 Å². The van der Waals surface area contributed by atoms with Crippen LogP contribution in [0, 0.1) is 0 Å². The number of hydrogen-bond donors (Lipinski definition) is 2. The quantitative estimate of drug-likeness (QED) is 0.755. The van der Waals surface area contributed by atoms with Crippen LogP contribution in [-0.2, 0) is 0 Å². The molecular formula is C16H11ClN2O2. The number of nitrogens with one attached hydrogen (secondary N) is 1. The molecule has 0 radical (unpaired) electrons. The van der Waals surface area contributed by atoms with Crippen LogP contribution >= 0.6 is 11.6 Å². The summed E-state index contributed by atoms with van der Waals surface area (Å²) in [6.45, 7) is 0. The average Bonchev–Trinajstić information content (AvgIpc) is 2.49. The molecule has 5 heteroatoms. The lowest BCUT2D eigenvalue weighted by Gasteiger charge is -2.10. The molecule has 0 spiro atoms. The number of carboxylic acid groups (broad SMARTS) is 1. The Bertz CT molecular complexity index is 833. The van der Waals surface area contributed by atoms with Crippen molar-refractivity contribution in [2.24, 2.45) is 0 Å². The molecule has 2 N–H and O–H groups in total. The van der Waals surface area contributed by atoms with Crippen LogP contribution in [0.15, 0.2) is 54.7 Å². The number of aromatic nitrogens is 1. The van der Waals surface area contributed by atoms with E-state index in [9.17, 15) is 9.90 Å². The van der Waals surface area contributed by atoms with Crippen molar-refractivity contribution in [1.29, 1.82) is 0 Å². The monoisotopic (exact) mass is 298 g/mol. The van der Waals surface area contributed by atoms with Gasteiger partial charge in [-0.2, -0.15) is 0 Å². The van der Waals surface area contributed by atoms with E-state index >= 15 is 0 Å².